The van der Waals surface area contributed by atoms with E-state index in [9.17, 15) is 13.2 Å². The number of aryl methyl sites for hydroxylation is 1. The molecule has 1 aromatic heterocycles. The van der Waals surface area contributed by atoms with E-state index in [1.807, 2.05) is 33.2 Å². The van der Waals surface area contributed by atoms with Gasteiger partial charge in [0.05, 0.1) is 16.4 Å². The Balaban J connectivity index is 1.94. The number of para-hydroxylation sites is 1. The highest BCUT2D eigenvalue weighted by Crippen LogP contribution is 2.32. The Kier molecular flexibility index (Phi) is 7.99. The molecule has 0 fully saturated rings. The monoisotopic (exact) mass is 479 g/mol. The van der Waals surface area contributed by atoms with Crippen LogP contribution in [-0.4, -0.2) is 48.4 Å². The lowest BCUT2D eigenvalue weighted by Gasteiger charge is -2.15. The Morgan fingerprint density at radius 1 is 1.06 bits per heavy atom. The van der Waals surface area contributed by atoms with Gasteiger partial charge in [-0.2, -0.15) is 4.98 Å². The SMILES string of the molecule is Cc1cccc(Cl)c1Nc1cc(-c2cccc(OC(F)(F)F)c2)nc(NCCCN(C)C)n1. The third-order valence-electron chi connectivity index (χ3n) is 4.63. The molecule has 0 unspecified atom stereocenters. The second-order valence-electron chi connectivity index (χ2n) is 7.68. The van der Waals surface area contributed by atoms with Crippen LogP contribution in [0.25, 0.3) is 11.3 Å². The van der Waals surface area contributed by atoms with Crippen molar-refractivity contribution in [1.82, 2.24) is 14.9 Å². The van der Waals surface area contributed by atoms with Gasteiger partial charge >= 0.3 is 6.36 Å². The predicted octanol–water partition coefficient (Wildman–Crippen LogP) is 6.11. The molecule has 0 atom stereocenters. The lowest BCUT2D eigenvalue weighted by atomic mass is 10.1. The maximum atomic E-state index is 12.7. The molecule has 0 aliphatic heterocycles. The summed E-state index contributed by atoms with van der Waals surface area (Å²) in [5.74, 6) is 0.476. The number of anilines is 3. The molecule has 3 aromatic rings. The third kappa shape index (κ3) is 7.50. The molecule has 0 bridgehead atoms. The van der Waals surface area contributed by atoms with E-state index in [0.29, 0.717) is 40.3 Å². The maximum Gasteiger partial charge on any atom is 0.573 e. The Bertz CT molecular complexity index is 1070. The first-order chi connectivity index (χ1) is 15.6. The van der Waals surface area contributed by atoms with Crippen LogP contribution in [0.1, 0.15) is 12.0 Å². The molecule has 33 heavy (non-hydrogen) atoms. The second kappa shape index (κ2) is 10.7. The Labute approximate surface area is 195 Å². The molecule has 0 aliphatic carbocycles. The summed E-state index contributed by atoms with van der Waals surface area (Å²) < 4.78 is 42.1. The van der Waals surface area contributed by atoms with Crippen LogP contribution < -0.4 is 15.4 Å². The van der Waals surface area contributed by atoms with Crippen molar-refractivity contribution in [1.29, 1.82) is 0 Å². The van der Waals surface area contributed by atoms with Crippen molar-refractivity contribution in [2.45, 2.75) is 19.7 Å². The largest absolute Gasteiger partial charge is 0.573 e. The van der Waals surface area contributed by atoms with E-state index in [0.717, 1.165) is 18.5 Å². The standard InChI is InChI=1S/C23H25ClF3N5O/c1-15-7-4-10-18(24)21(15)30-20-14-19(29-22(31-20)28-11-6-12-32(2)3)16-8-5-9-17(13-16)33-23(25,26)27/h4-5,7-10,13-14H,6,11-12H2,1-3H3,(H2,28,29,30,31). The number of alkyl halides is 3. The average molecular weight is 480 g/mol. The van der Waals surface area contributed by atoms with Crippen LogP contribution in [0, 0.1) is 6.92 Å². The fourth-order valence-corrected chi connectivity index (χ4v) is 3.37. The first-order valence-electron chi connectivity index (χ1n) is 10.3. The van der Waals surface area contributed by atoms with Gasteiger partial charge in [0, 0.05) is 18.2 Å². The Morgan fingerprint density at radius 2 is 1.82 bits per heavy atom. The molecule has 0 aliphatic rings. The first kappa shape index (κ1) is 24.6. The summed E-state index contributed by atoms with van der Waals surface area (Å²) in [6.45, 7) is 3.42. The van der Waals surface area contributed by atoms with Crippen molar-refractivity contribution in [3.8, 4) is 17.0 Å². The molecule has 0 spiro atoms. The summed E-state index contributed by atoms with van der Waals surface area (Å²) in [6, 6.07) is 12.8. The van der Waals surface area contributed by atoms with Crippen molar-refractivity contribution in [3.63, 3.8) is 0 Å². The van der Waals surface area contributed by atoms with Crippen LogP contribution >= 0.6 is 11.6 Å². The highest BCUT2D eigenvalue weighted by atomic mass is 35.5. The number of benzene rings is 2. The van der Waals surface area contributed by atoms with Crippen molar-refractivity contribution >= 4 is 29.1 Å². The number of nitrogens with one attached hydrogen (secondary N) is 2. The highest BCUT2D eigenvalue weighted by molar-refractivity contribution is 6.33. The molecule has 0 amide bonds. The maximum absolute atomic E-state index is 12.7. The lowest BCUT2D eigenvalue weighted by Crippen LogP contribution is -2.17. The first-order valence-corrected chi connectivity index (χ1v) is 10.6. The zero-order chi connectivity index (χ0) is 24.0. The van der Waals surface area contributed by atoms with Gasteiger partial charge in [0.1, 0.15) is 11.6 Å². The summed E-state index contributed by atoms with van der Waals surface area (Å²) in [4.78, 5) is 11.1. The molecular formula is C23H25ClF3N5O. The summed E-state index contributed by atoms with van der Waals surface area (Å²) in [7, 11) is 3.97. The fourth-order valence-electron chi connectivity index (χ4n) is 3.10. The molecule has 0 saturated heterocycles. The number of hydrogen-bond donors (Lipinski definition) is 2. The summed E-state index contributed by atoms with van der Waals surface area (Å²) in [5.41, 5.74) is 2.50. The van der Waals surface area contributed by atoms with Gasteiger partial charge in [-0.05, 0) is 57.7 Å². The van der Waals surface area contributed by atoms with E-state index in [-0.39, 0.29) is 5.75 Å². The van der Waals surface area contributed by atoms with E-state index in [4.69, 9.17) is 11.6 Å². The Hall–Kier alpha value is -3.04. The van der Waals surface area contributed by atoms with Gasteiger partial charge in [0.25, 0.3) is 0 Å². The van der Waals surface area contributed by atoms with Gasteiger partial charge < -0.3 is 20.3 Å². The minimum Gasteiger partial charge on any atom is -0.406 e. The second-order valence-corrected chi connectivity index (χ2v) is 8.09. The molecular weight excluding hydrogens is 455 g/mol. The van der Waals surface area contributed by atoms with E-state index >= 15 is 0 Å². The van der Waals surface area contributed by atoms with Crippen LogP contribution in [0.15, 0.2) is 48.5 Å². The van der Waals surface area contributed by atoms with Gasteiger partial charge in [-0.3, -0.25) is 0 Å². The number of hydrogen-bond acceptors (Lipinski definition) is 6. The van der Waals surface area contributed by atoms with Crippen molar-refractivity contribution in [2.24, 2.45) is 0 Å². The number of ether oxygens (including phenoxy) is 1. The van der Waals surface area contributed by atoms with Crippen molar-refractivity contribution in [2.75, 3.05) is 37.8 Å². The summed E-state index contributed by atoms with van der Waals surface area (Å²) >= 11 is 6.34. The smallest absolute Gasteiger partial charge is 0.406 e. The summed E-state index contributed by atoms with van der Waals surface area (Å²) in [6.07, 6.45) is -3.92. The third-order valence-corrected chi connectivity index (χ3v) is 4.94. The minimum atomic E-state index is -4.78. The molecule has 2 aromatic carbocycles. The quantitative estimate of drug-likeness (QED) is 0.361. The average Bonchev–Trinajstić information content (AvgIpc) is 2.73. The lowest BCUT2D eigenvalue weighted by molar-refractivity contribution is -0.274. The summed E-state index contributed by atoms with van der Waals surface area (Å²) in [5, 5.41) is 6.92. The van der Waals surface area contributed by atoms with Gasteiger partial charge in [0.15, 0.2) is 0 Å². The van der Waals surface area contributed by atoms with E-state index < -0.39 is 6.36 Å². The van der Waals surface area contributed by atoms with Crippen LogP contribution in [-0.2, 0) is 0 Å². The van der Waals surface area contributed by atoms with Crippen molar-refractivity contribution in [3.05, 3.63) is 59.1 Å². The molecule has 6 nitrogen and oxygen atoms in total. The minimum absolute atomic E-state index is 0.324. The van der Waals surface area contributed by atoms with E-state index in [1.54, 1.807) is 18.2 Å². The Morgan fingerprint density at radius 3 is 2.52 bits per heavy atom. The molecule has 176 valence electrons. The predicted molar refractivity (Wildman–Crippen MR) is 125 cm³/mol. The molecule has 2 N–H and O–H groups in total. The van der Waals surface area contributed by atoms with E-state index in [1.165, 1.54) is 18.2 Å². The van der Waals surface area contributed by atoms with E-state index in [2.05, 4.69) is 30.2 Å². The molecule has 0 saturated carbocycles. The highest BCUT2D eigenvalue weighted by Gasteiger charge is 2.31. The number of halogens is 4. The van der Waals surface area contributed by atoms with Gasteiger partial charge in [0.2, 0.25) is 5.95 Å². The number of nitrogens with zero attached hydrogens (tertiary/aromatic N) is 3. The molecule has 10 heteroatoms. The normalized spacial score (nSPS) is 11.5. The van der Waals surface area contributed by atoms with Gasteiger partial charge in [-0.25, -0.2) is 4.98 Å². The molecule has 0 radical (unpaired) electrons. The number of aromatic nitrogens is 2. The zero-order valence-corrected chi connectivity index (χ0v) is 19.3. The van der Waals surface area contributed by atoms with Gasteiger partial charge in [-0.1, -0.05) is 35.9 Å². The fraction of sp³-hybridized carbons (Fsp3) is 0.304. The topological polar surface area (TPSA) is 62.3 Å². The molecule has 3 rings (SSSR count). The van der Waals surface area contributed by atoms with Crippen LogP contribution in [0.4, 0.5) is 30.6 Å². The van der Waals surface area contributed by atoms with Crippen LogP contribution in [0.5, 0.6) is 5.75 Å². The van der Waals surface area contributed by atoms with Crippen molar-refractivity contribution < 1.29 is 17.9 Å². The van der Waals surface area contributed by atoms with Gasteiger partial charge in [-0.15, -0.1) is 13.2 Å². The number of rotatable bonds is 9. The van der Waals surface area contributed by atoms with Crippen LogP contribution in [0.3, 0.4) is 0 Å². The zero-order valence-electron chi connectivity index (χ0n) is 18.5. The molecule has 1 heterocycles. The van der Waals surface area contributed by atoms with Crippen LogP contribution in [0.2, 0.25) is 5.02 Å².